The van der Waals surface area contributed by atoms with E-state index in [-0.39, 0.29) is 11.2 Å². The molecule has 1 aliphatic rings. The van der Waals surface area contributed by atoms with E-state index in [1.807, 2.05) is 39.7 Å². The fraction of sp³-hybridized carbons (Fsp3) is 0.462. The minimum absolute atomic E-state index is 0.347. The fourth-order valence-corrected chi connectivity index (χ4v) is 1.90. The zero-order chi connectivity index (χ0) is 14.3. The number of nitrogens with two attached hydrogens (primary N) is 1. The number of pyridine rings is 1. The summed E-state index contributed by atoms with van der Waals surface area (Å²) >= 11 is 6.09. The lowest BCUT2D eigenvalue weighted by Gasteiger charge is -2.32. The predicted octanol–water partition coefficient (Wildman–Crippen LogP) is 2.96. The Morgan fingerprint density at radius 3 is 2.37 bits per heavy atom. The summed E-state index contributed by atoms with van der Waals surface area (Å²) in [7, 11) is -0.400. The number of nitrogens with zero attached hydrogens (tertiary/aromatic N) is 1. The Morgan fingerprint density at radius 1 is 1.21 bits per heavy atom. The second kappa shape index (κ2) is 4.82. The quantitative estimate of drug-likeness (QED) is 0.846. The highest BCUT2D eigenvalue weighted by molar-refractivity contribution is 6.52. The normalized spacial score (nSPS) is 21.2. The second-order valence-corrected chi connectivity index (χ2v) is 5.99. The van der Waals surface area contributed by atoms with Gasteiger partial charge in [-0.1, -0.05) is 23.7 Å². The molecule has 1 aliphatic heterocycles. The molecule has 0 bridgehead atoms. The van der Waals surface area contributed by atoms with Crippen molar-refractivity contribution >= 4 is 30.5 Å². The zero-order valence-electron chi connectivity index (χ0n) is 11.6. The zero-order valence-corrected chi connectivity index (χ0v) is 12.4. The first kappa shape index (κ1) is 14.4. The molecule has 6 heteroatoms. The van der Waals surface area contributed by atoms with Crippen molar-refractivity contribution < 1.29 is 9.31 Å². The van der Waals surface area contributed by atoms with Crippen LogP contribution in [0.25, 0.3) is 6.08 Å². The van der Waals surface area contributed by atoms with Crippen LogP contribution < -0.4 is 5.73 Å². The summed E-state index contributed by atoms with van der Waals surface area (Å²) in [5.74, 6) is 1.82. The van der Waals surface area contributed by atoms with Crippen LogP contribution in [0.5, 0.6) is 0 Å². The van der Waals surface area contributed by atoms with Gasteiger partial charge < -0.3 is 15.0 Å². The molecule has 1 saturated heterocycles. The van der Waals surface area contributed by atoms with Crippen LogP contribution in [-0.4, -0.2) is 23.3 Å². The highest BCUT2D eigenvalue weighted by atomic mass is 35.5. The Morgan fingerprint density at radius 2 is 1.79 bits per heavy atom. The van der Waals surface area contributed by atoms with Gasteiger partial charge in [0.15, 0.2) is 0 Å². The molecule has 0 saturated carbocycles. The van der Waals surface area contributed by atoms with E-state index in [4.69, 9.17) is 26.6 Å². The number of rotatable bonds is 2. The highest BCUT2D eigenvalue weighted by Crippen LogP contribution is 2.37. The van der Waals surface area contributed by atoms with Gasteiger partial charge in [0.2, 0.25) is 0 Å². The monoisotopic (exact) mass is 280 g/mol. The Kier molecular flexibility index (Phi) is 3.64. The minimum Gasteiger partial charge on any atom is -0.400 e. The summed E-state index contributed by atoms with van der Waals surface area (Å²) < 4.78 is 11.7. The van der Waals surface area contributed by atoms with Crippen molar-refractivity contribution in [3.63, 3.8) is 0 Å². The smallest absolute Gasteiger partial charge is 0.400 e. The maximum Gasteiger partial charge on any atom is 0.487 e. The van der Waals surface area contributed by atoms with E-state index >= 15 is 0 Å². The van der Waals surface area contributed by atoms with Gasteiger partial charge in [-0.2, -0.15) is 0 Å². The van der Waals surface area contributed by atoms with E-state index in [2.05, 4.69) is 4.98 Å². The van der Waals surface area contributed by atoms with Crippen LogP contribution in [0.2, 0.25) is 5.02 Å². The van der Waals surface area contributed by atoms with Gasteiger partial charge >= 0.3 is 7.12 Å². The molecular weight excluding hydrogens is 262 g/mol. The Hall–Kier alpha value is -1.04. The first-order valence-electron chi connectivity index (χ1n) is 6.16. The minimum atomic E-state index is -0.400. The third kappa shape index (κ3) is 2.78. The molecule has 0 aromatic carbocycles. The number of hydrogen-bond donors (Lipinski definition) is 1. The molecule has 4 nitrogen and oxygen atoms in total. The number of anilines is 1. The lowest BCUT2D eigenvalue weighted by atomic mass is 9.89. The summed E-state index contributed by atoms with van der Waals surface area (Å²) in [5, 5.41) is 0.489. The van der Waals surface area contributed by atoms with E-state index in [0.29, 0.717) is 10.7 Å². The van der Waals surface area contributed by atoms with Crippen LogP contribution in [0.15, 0.2) is 18.4 Å². The van der Waals surface area contributed by atoms with Crippen molar-refractivity contribution in [2.45, 2.75) is 38.9 Å². The Bertz CT molecular complexity index is 501. The van der Waals surface area contributed by atoms with Crippen molar-refractivity contribution in [1.82, 2.24) is 4.98 Å². The van der Waals surface area contributed by atoms with E-state index in [1.54, 1.807) is 6.20 Å². The molecule has 0 unspecified atom stereocenters. The van der Waals surface area contributed by atoms with Gasteiger partial charge in [-0.15, -0.1) is 0 Å². The average molecular weight is 281 g/mol. The number of hydrogen-bond acceptors (Lipinski definition) is 4. The maximum absolute atomic E-state index is 6.09. The standard InChI is InChI=1S/C13H18BClN2O2/c1-12(2)13(3,4)19-14(18-12)6-5-9-7-17-8-10(16)11(9)15/h5-8H,16H2,1-4H3/b6-5+. The number of aromatic nitrogens is 1. The Balaban J connectivity index is 2.15. The molecule has 2 heterocycles. The summed E-state index contributed by atoms with van der Waals surface area (Å²) in [6.07, 6.45) is 4.99. The van der Waals surface area contributed by atoms with Gasteiger partial charge in [-0.3, -0.25) is 4.98 Å². The number of nitrogen functional groups attached to an aromatic ring is 1. The third-order valence-corrected chi connectivity index (χ3v) is 4.07. The summed E-state index contributed by atoms with van der Waals surface area (Å²) in [5.41, 5.74) is 6.21. The summed E-state index contributed by atoms with van der Waals surface area (Å²) in [6.45, 7) is 8.04. The maximum atomic E-state index is 6.09. The third-order valence-electron chi connectivity index (χ3n) is 3.64. The molecular formula is C13H18BClN2O2. The van der Waals surface area contributed by atoms with E-state index in [1.165, 1.54) is 6.20 Å². The first-order valence-corrected chi connectivity index (χ1v) is 6.53. The second-order valence-electron chi connectivity index (χ2n) is 5.62. The molecule has 102 valence electrons. The number of halogens is 1. The average Bonchev–Trinajstić information content (AvgIpc) is 2.50. The van der Waals surface area contributed by atoms with Crippen molar-refractivity contribution in [3.05, 3.63) is 29.0 Å². The predicted molar refractivity (Wildman–Crippen MR) is 78.8 cm³/mol. The first-order chi connectivity index (χ1) is 8.73. The lowest BCUT2D eigenvalue weighted by Crippen LogP contribution is -2.41. The van der Waals surface area contributed by atoms with Gasteiger partial charge in [0, 0.05) is 11.8 Å². The molecule has 1 aromatic heterocycles. The van der Waals surface area contributed by atoms with Gasteiger partial charge in [-0.25, -0.2) is 0 Å². The van der Waals surface area contributed by atoms with E-state index < -0.39 is 7.12 Å². The van der Waals surface area contributed by atoms with Crippen LogP contribution in [0.1, 0.15) is 33.3 Å². The van der Waals surface area contributed by atoms with Gasteiger partial charge in [0.05, 0.1) is 28.1 Å². The molecule has 0 aliphatic carbocycles. The van der Waals surface area contributed by atoms with Crippen LogP contribution >= 0.6 is 11.6 Å². The van der Waals surface area contributed by atoms with Crippen LogP contribution in [0.3, 0.4) is 0 Å². The van der Waals surface area contributed by atoms with Crippen molar-refractivity contribution in [2.24, 2.45) is 0 Å². The molecule has 1 aromatic rings. The molecule has 0 radical (unpaired) electrons. The summed E-state index contributed by atoms with van der Waals surface area (Å²) in [4.78, 5) is 4.01. The van der Waals surface area contributed by atoms with Crippen LogP contribution in [0.4, 0.5) is 5.69 Å². The van der Waals surface area contributed by atoms with Crippen LogP contribution in [0, 0.1) is 0 Å². The molecule has 0 atom stereocenters. The van der Waals surface area contributed by atoms with E-state index in [0.717, 1.165) is 5.56 Å². The van der Waals surface area contributed by atoms with Gasteiger partial charge in [-0.05, 0) is 27.7 Å². The summed E-state index contributed by atoms with van der Waals surface area (Å²) in [6, 6.07) is 0. The van der Waals surface area contributed by atoms with Gasteiger partial charge in [0.1, 0.15) is 0 Å². The van der Waals surface area contributed by atoms with Crippen molar-refractivity contribution in [1.29, 1.82) is 0 Å². The fourth-order valence-electron chi connectivity index (χ4n) is 1.74. The van der Waals surface area contributed by atoms with Crippen molar-refractivity contribution in [2.75, 3.05) is 5.73 Å². The molecule has 0 spiro atoms. The molecule has 0 amide bonds. The van der Waals surface area contributed by atoms with Crippen molar-refractivity contribution in [3.8, 4) is 0 Å². The SMILES string of the molecule is CC1(C)OB(/C=C/c2cncc(N)c2Cl)OC1(C)C. The molecule has 1 fully saturated rings. The topological polar surface area (TPSA) is 57.4 Å². The molecule has 19 heavy (non-hydrogen) atoms. The van der Waals surface area contributed by atoms with Gasteiger partial charge in [0.25, 0.3) is 0 Å². The van der Waals surface area contributed by atoms with Crippen LogP contribution in [-0.2, 0) is 9.31 Å². The Labute approximate surface area is 119 Å². The molecule has 2 rings (SSSR count). The lowest BCUT2D eigenvalue weighted by molar-refractivity contribution is 0.00578. The van der Waals surface area contributed by atoms with E-state index in [9.17, 15) is 0 Å². The largest absolute Gasteiger partial charge is 0.487 e. The molecule has 2 N–H and O–H groups in total. The highest BCUT2D eigenvalue weighted by Gasteiger charge is 2.49.